The number of aromatic amines is 1. The lowest BCUT2D eigenvalue weighted by Gasteiger charge is -2.17. The normalized spacial score (nSPS) is 13.2. The van der Waals surface area contributed by atoms with Crippen molar-refractivity contribution >= 4 is 5.57 Å². The fraction of sp³-hybridized carbons (Fsp3) is 0.294. The van der Waals surface area contributed by atoms with E-state index in [2.05, 4.69) is 17.1 Å². The Bertz CT molecular complexity index is 1770. The fourth-order valence-electron chi connectivity index (χ4n) is 5.20. The first-order chi connectivity index (χ1) is 20.4. The highest BCUT2D eigenvalue weighted by atomic mass is 16.5. The number of H-pyrrole nitrogens is 1. The van der Waals surface area contributed by atoms with E-state index < -0.39 is 5.76 Å². The summed E-state index contributed by atoms with van der Waals surface area (Å²) in [6.45, 7) is 8.57. The molecule has 0 saturated heterocycles. The van der Waals surface area contributed by atoms with Crippen molar-refractivity contribution in [2.75, 3.05) is 0 Å². The minimum absolute atomic E-state index is 0.0350. The molecule has 8 heteroatoms. The van der Waals surface area contributed by atoms with Crippen LogP contribution >= 0.6 is 0 Å². The summed E-state index contributed by atoms with van der Waals surface area (Å²) in [5, 5.41) is 3.86. The van der Waals surface area contributed by atoms with Crippen molar-refractivity contribution in [3.8, 4) is 22.5 Å². The number of nitrogens with zero attached hydrogens (tertiary/aromatic N) is 3. The second-order valence-corrected chi connectivity index (χ2v) is 10.6. The van der Waals surface area contributed by atoms with Crippen LogP contribution in [0.1, 0.15) is 63.2 Å². The molecule has 8 nitrogen and oxygen atoms in total. The molecule has 0 radical (unpaired) electrons. The molecule has 0 aliphatic heterocycles. The Labute approximate surface area is 245 Å². The lowest BCUT2D eigenvalue weighted by atomic mass is 9.98. The van der Waals surface area contributed by atoms with E-state index in [9.17, 15) is 9.59 Å². The van der Waals surface area contributed by atoms with E-state index >= 15 is 0 Å². The van der Waals surface area contributed by atoms with E-state index in [0.717, 1.165) is 51.5 Å². The van der Waals surface area contributed by atoms with Crippen molar-refractivity contribution < 1.29 is 9.26 Å². The van der Waals surface area contributed by atoms with Gasteiger partial charge < -0.3 is 4.74 Å². The second-order valence-electron chi connectivity index (χ2n) is 10.6. The van der Waals surface area contributed by atoms with Gasteiger partial charge in [-0.3, -0.25) is 18.9 Å². The third-order valence-electron chi connectivity index (χ3n) is 7.10. The molecule has 2 aromatic carbocycles. The Balaban J connectivity index is 1.51. The maximum absolute atomic E-state index is 14.2. The van der Waals surface area contributed by atoms with Gasteiger partial charge in [-0.1, -0.05) is 85.8 Å². The molecule has 42 heavy (non-hydrogen) atoms. The van der Waals surface area contributed by atoms with Gasteiger partial charge in [-0.05, 0) is 55.0 Å². The minimum atomic E-state index is -0.596. The maximum atomic E-state index is 14.2. The molecule has 2 aromatic heterocycles. The van der Waals surface area contributed by atoms with E-state index in [1.807, 2.05) is 98.2 Å². The van der Waals surface area contributed by atoms with Gasteiger partial charge in [0.1, 0.15) is 11.6 Å². The average Bonchev–Trinajstić information content (AvgIpc) is 3.30. The minimum Gasteiger partial charge on any atom is -0.495 e. The molecule has 216 valence electrons. The van der Waals surface area contributed by atoms with Crippen LogP contribution in [0.15, 0.2) is 92.7 Å². The standard InChI is InChI=1S/C34H36N4O4/c1-5-10-30-35-29(6-2)31(25-11-9-12-26(20-19-25)41-22(3)4)33(39)38(30)21-23-15-17-24(18-16-23)27-13-7-8-14-28(27)32-36-34(40)42-37-32/h7-9,11,13-20,22H,5-6,10,12,21H2,1-4H3,(H,36,37,40). The SMILES string of the molecule is CCCc1nc(CC)c(C2=CC=C(OC(C)C)CC=C2)c(=O)n1Cc1ccc(-c2ccccc2-c2noc(=O)[nH]2)cc1. The van der Waals surface area contributed by atoms with Crippen LogP contribution in [0, 0.1) is 0 Å². The molecule has 0 unspecified atom stereocenters. The predicted octanol–water partition coefficient (Wildman–Crippen LogP) is 6.47. The molecule has 0 spiro atoms. The zero-order valence-corrected chi connectivity index (χ0v) is 24.5. The largest absolute Gasteiger partial charge is 0.495 e. The molecule has 0 saturated carbocycles. The molecule has 0 amide bonds. The number of hydrogen-bond acceptors (Lipinski definition) is 6. The van der Waals surface area contributed by atoms with Crippen LogP contribution in [-0.4, -0.2) is 25.8 Å². The van der Waals surface area contributed by atoms with Gasteiger partial charge in [-0.2, -0.15) is 0 Å². The number of ether oxygens (including phenoxy) is 1. The molecule has 1 aliphatic rings. The predicted molar refractivity (Wildman–Crippen MR) is 165 cm³/mol. The van der Waals surface area contributed by atoms with Crippen LogP contribution in [0.5, 0.6) is 0 Å². The molecule has 1 N–H and O–H groups in total. The van der Waals surface area contributed by atoms with Gasteiger partial charge >= 0.3 is 5.76 Å². The second kappa shape index (κ2) is 12.9. The smallest absolute Gasteiger partial charge is 0.439 e. The zero-order valence-electron chi connectivity index (χ0n) is 24.5. The first-order valence-electron chi connectivity index (χ1n) is 14.5. The van der Waals surface area contributed by atoms with Gasteiger partial charge in [0.25, 0.3) is 5.56 Å². The average molecular weight is 565 g/mol. The van der Waals surface area contributed by atoms with Crippen molar-refractivity contribution in [3.05, 3.63) is 122 Å². The van der Waals surface area contributed by atoms with Crippen LogP contribution in [0.4, 0.5) is 0 Å². The van der Waals surface area contributed by atoms with E-state index in [1.54, 1.807) is 0 Å². The van der Waals surface area contributed by atoms with Crippen molar-refractivity contribution in [2.24, 2.45) is 0 Å². The summed E-state index contributed by atoms with van der Waals surface area (Å²) in [6, 6.07) is 15.8. The Morgan fingerprint density at radius 1 is 1.02 bits per heavy atom. The summed E-state index contributed by atoms with van der Waals surface area (Å²) in [5.41, 5.74) is 5.89. The molecule has 0 fully saturated rings. The fourth-order valence-corrected chi connectivity index (χ4v) is 5.20. The highest BCUT2D eigenvalue weighted by Crippen LogP contribution is 2.30. The molecule has 2 heterocycles. The maximum Gasteiger partial charge on any atom is 0.439 e. The molecule has 0 bridgehead atoms. The van der Waals surface area contributed by atoms with E-state index in [4.69, 9.17) is 14.2 Å². The number of allylic oxidation sites excluding steroid dienone is 5. The number of rotatable bonds is 10. The van der Waals surface area contributed by atoms with Gasteiger partial charge in [-0.25, -0.2) is 9.78 Å². The first kappa shape index (κ1) is 28.8. The molecule has 1 aliphatic carbocycles. The lowest BCUT2D eigenvalue weighted by Crippen LogP contribution is -2.30. The zero-order chi connectivity index (χ0) is 29.6. The monoisotopic (exact) mass is 564 g/mol. The number of aryl methyl sites for hydroxylation is 2. The Morgan fingerprint density at radius 2 is 1.79 bits per heavy atom. The topological polar surface area (TPSA) is 103 Å². The van der Waals surface area contributed by atoms with E-state index in [0.29, 0.717) is 37.2 Å². The summed E-state index contributed by atoms with van der Waals surface area (Å²) < 4.78 is 12.4. The van der Waals surface area contributed by atoms with E-state index in [1.165, 1.54) is 0 Å². The summed E-state index contributed by atoms with van der Waals surface area (Å²) in [7, 11) is 0. The van der Waals surface area contributed by atoms with Gasteiger partial charge in [-0.15, -0.1) is 0 Å². The molecule has 4 aromatic rings. The Hall–Kier alpha value is -4.72. The van der Waals surface area contributed by atoms with Crippen LogP contribution < -0.4 is 11.3 Å². The molecule has 5 rings (SSSR count). The van der Waals surface area contributed by atoms with Crippen molar-refractivity contribution in [1.29, 1.82) is 0 Å². The van der Waals surface area contributed by atoms with Crippen LogP contribution in [0.2, 0.25) is 0 Å². The van der Waals surface area contributed by atoms with E-state index in [-0.39, 0.29) is 11.7 Å². The van der Waals surface area contributed by atoms with Crippen LogP contribution in [0.25, 0.3) is 28.1 Å². The summed E-state index contributed by atoms with van der Waals surface area (Å²) in [6.07, 6.45) is 11.0. The van der Waals surface area contributed by atoms with Crippen LogP contribution in [0.3, 0.4) is 0 Å². The van der Waals surface area contributed by atoms with Gasteiger partial charge in [0.15, 0.2) is 5.82 Å². The summed E-state index contributed by atoms with van der Waals surface area (Å²) in [4.78, 5) is 33.3. The number of hydrogen-bond donors (Lipinski definition) is 1. The highest BCUT2D eigenvalue weighted by Gasteiger charge is 2.19. The third kappa shape index (κ3) is 6.28. The molecule has 0 atom stereocenters. The van der Waals surface area contributed by atoms with Crippen LogP contribution in [-0.2, 0) is 24.1 Å². The Kier molecular flexibility index (Phi) is 8.81. The van der Waals surface area contributed by atoms with Crippen molar-refractivity contribution in [2.45, 2.75) is 66.0 Å². The molecular weight excluding hydrogens is 528 g/mol. The van der Waals surface area contributed by atoms with Gasteiger partial charge in [0.05, 0.1) is 23.9 Å². The first-order valence-corrected chi connectivity index (χ1v) is 14.5. The Morgan fingerprint density at radius 3 is 2.45 bits per heavy atom. The number of benzene rings is 2. The van der Waals surface area contributed by atoms with Crippen molar-refractivity contribution in [1.82, 2.24) is 19.7 Å². The van der Waals surface area contributed by atoms with Crippen molar-refractivity contribution in [3.63, 3.8) is 0 Å². The van der Waals surface area contributed by atoms with Gasteiger partial charge in [0, 0.05) is 18.4 Å². The molecular formula is C34H36N4O4. The summed E-state index contributed by atoms with van der Waals surface area (Å²) >= 11 is 0. The number of aromatic nitrogens is 4. The highest BCUT2D eigenvalue weighted by molar-refractivity contribution is 5.80. The lowest BCUT2D eigenvalue weighted by molar-refractivity contribution is 0.144. The van der Waals surface area contributed by atoms with Gasteiger partial charge in [0.2, 0.25) is 0 Å². The summed E-state index contributed by atoms with van der Waals surface area (Å²) in [5.74, 6) is 1.46. The third-order valence-corrected chi connectivity index (χ3v) is 7.10. The number of nitrogens with one attached hydrogen (secondary N) is 1. The quantitative estimate of drug-likeness (QED) is 0.237.